The van der Waals surface area contributed by atoms with Gasteiger partial charge in [-0.15, -0.1) is 0 Å². The molecule has 0 aliphatic heterocycles. The smallest absolute Gasteiger partial charge is 0.224 e. The Kier molecular flexibility index (Phi) is 4.29. The third-order valence-corrected chi connectivity index (χ3v) is 3.05. The van der Waals surface area contributed by atoms with Crippen LogP contribution in [0.5, 0.6) is 0 Å². The molecule has 5 N–H and O–H groups in total. The minimum Gasteiger partial charge on any atom is -0.389 e. The van der Waals surface area contributed by atoms with E-state index in [9.17, 15) is 4.79 Å². The molecule has 98 valence electrons. The van der Waals surface area contributed by atoms with Gasteiger partial charge >= 0.3 is 0 Å². The fourth-order valence-electron chi connectivity index (χ4n) is 1.42. The molecule has 1 aromatic carbocycles. The molecular formula is C13H19N3OS. The predicted octanol–water partition coefficient (Wildman–Crippen LogP) is 1.55. The summed E-state index contributed by atoms with van der Waals surface area (Å²) in [7, 11) is 0. The number of carbonyl (C=O) groups is 1. The van der Waals surface area contributed by atoms with Crippen molar-refractivity contribution >= 4 is 28.8 Å². The summed E-state index contributed by atoms with van der Waals surface area (Å²) in [6.45, 7) is 5.99. The number of carbonyl (C=O) groups excluding carboxylic acids is 1. The highest BCUT2D eigenvalue weighted by molar-refractivity contribution is 7.80. The number of hydrogen-bond donors (Lipinski definition) is 3. The Morgan fingerprint density at radius 3 is 2.50 bits per heavy atom. The number of thiocarbonyl (C=S) groups is 1. The van der Waals surface area contributed by atoms with Crippen LogP contribution in [0.2, 0.25) is 0 Å². The van der Waals surface area contributed by atoms with Crippen LogP contribution in [0.4, 0.5) is 5.69 Å². The van der Waals surface area contributed by atoms with Crippen molar-refractivity contribution in [3.63, 3.8) is 0 Å². The summed E-state index contributed by atoms with van der Waals surface area (Å²) in [5.41, 5.74) is 13.1. The standard InChI is InChI=1S/C13H19N3OS/c1-8-4-5-9(11(14)18)10(6-8)16-7-13(2,3)12(15)17/h4-6,16H,7H2,1-3H3,(H2,14,18)(H2,15,17). The molecule has 0 saturated carbocycles. The molecule has 0 fully saturated rings. The van der Waals surface area contributed by atoms with Gasteiger partial charge in [0.2, 0.25) is 5.91 Å². The van der Waals surface area contributed by atoms with Gasteiger partial charge in [0.05, 0.1) is 5.41 Å². The minimum atomic E-state index is -0.628. The number of primary amides is 1. The van der Waals surface area contributed by atoms with Crippen LogP contribution in [-0.4, -0.2) is 17.4 Å². The van der Waals surface area contributed by atoms with Crippen LogP contribution < -0.4 is 16.8 Å². The molecule has 1 rings (SSSR count). The highest BCUT2D eigenvalue weighted by Crippen LogP contribution is 2.21. The molecule has 0 saturated heterocycles. The van der Waals surface area contributed by atoms with Crippen LogP contribution in [0, 0.1) is 12.3 Å². The van der Waals surface area contributed by atoms with E-state index < -0.39 is 5.41 Å². The van der Waals surface area contributed by atoms with Gasteiger partial charge in [-0.2, -0.15) is 0 Å². The highest BCUT2D eigenvalue weighted by Gasteiger charge is 2.24. The monoisotopic (exact) mass is 265 g/mol. The topological polar surface area (TPSA) is 81.1 Å². The molecule has 0 unspecified atom stereocenters. The van der Waals surface area contributed by atoms with E-state index in [0.717, 1.165) is 16.8 Å². The Morgan fingerprint density at radius 2 is 2.00 bits per heavy atom. The lowest BCUT2D eigenvalue weighted by atomic mass is 9.92. The number of rotatable bonds is 5. The molecule has 0 bridgehead atoms. The molecule has 0 heterocycles. The van der Waals surface area contributed by atoms with E-state index in [2.05, 4.69) is 5.32 Å². The number of anilines is 1. The van der Waals surface area contributed by atoms with Crippen molar-refractivity contribution in [2.24, 2.45) is 16.9 Å². The minimum absolute atomic E-state index is 0.328. The van der Waals surface area contributed by atoms with Crippen LogP contribution in [0.25, 0.3) is 0 Å². The lowest BCUT2D eigenvalue weighted by Gasteiger charge is -2.22. The molecule has 0 atom stereocenters. The summed E-state index contributed by atoms with van der Waals surface area (Å²) in [6.07, 6.45) is 0. The quantitative estimate of drug-likeness (QED) is 0.706. The van der Waals surface area contributed by atoms with Gasteiger partial charge < -0.3 is 16.8 Å². The number of hydrogen-bond acceptors (Lipinski definition) is 3. The molecule has 0 aliphatic rings. The van der Waals surface area contributed by atoms with Crippen molar-refractivity contribution in [2.45, 2.75) is 20.8 Å². The zero-order chi connectivity index (χ0) is 13.9. The summed E-state index contributed by atoms with van der Waals surface area (Å²) < 4.78 is 0. The van der Waals surface area contributed by atoms with Crippen LogP contribution in [0.1, 0.15) is 25.0 Å². The van der Waals surface area contributed by atoms with Crippen molar-refractivity contribution in [2.75, 3.05) is 11.9 Å². The van der Waals surface area contributed by atoms with E-state index in [0.29, 0.717) is 11.5 Å². The molecule has 1 aromatic rings. The number of nitrogens with two attached hydrogens (primary N) is 2. The van der Waals surface area contributed by atoms with Crippen molar-refractivity contribution in [1.29, 1.82) is 0 Å². The zero-order valence-corrected chi connectivity index (χ0v) is 11.7. The second-order valence-electron chi connectivity index (χ2n) is 5.01. The Bertz CT molecular complexity index is 483. The Labute approximate surface area is 113 Å². The van der Waals surface area contributed by atoms with Crippen LogP contribution in [-0.2, 0) is 4.79 Å². The lowest BCUT2D eigenvalue weighted by Crippen LogP contribution is -2.37. The van der Waals surface area contributed by atoms with Gasteiger partial charge in [0, 0.05) is 17.8 Å². The first-order valence-electron chi connectivity index (χ1n) is 5.68. The maximum absolute atomic E-state index is 11.3. The van der Waals surface area contributed by atoms with Crippen molar-refractivity contribution in [1.82, 2.24) is 0 Å². The Balaban J connectivity index is 2.94. The van der Waals surface area contributed by atoms with E-state index in [-0.39, 0.29) is 5.91 Å². The van der Waals surface area contributed by atoms with Gasteiger partial charge in [-0.3, -0.25) is 4.79 Å². The van der Waals surface area contributed by atoms with E-state index >= 15 is 0 Å². The fraction of sp³-hybridized carbons (Fsp3) is 0.385. The second kappa shape index (κ2) is 5.35. The molecule has 1 amide bonds. The number of benzene rings is 1. The first-order chi connectivity index (χ1) is 8.24. The largest absolute Gasteiger partial charge is 0.389 e. The van der Waals surface area contributed by atoms with Crippen molar-refractivity contribution in [3.8, 4) is 0 Å². The third-order valence-electron chi connectivity index (χ3n) is 2.83. The van der Waals surface area contributed by atoms with Crippen LogP contribution in [0.3, 0.4) is 0 Å². The molecule has 4 nitrogen and oxygen atoms in total. The predicted molar refractivity (Wildman–Crippen MR) is 78.5 cm³/mol. The maximum atomic E-state index is 11.3. The van der Waals surface area contributed by atoms with E-state index in [1.54, 1.807) is 13.8 Å². The average molecular weight is 265 g/mol. The first kappa shape index (κ1) is 14.4. The molecule has 5 heteroatoms. The number of nitrogens with one attached hydrogen (secondary N) is 1. The van der Waals surface area contributed by atoms with Gasteiger partial charge in [0.15, 0.2) is 0 Å². The number of aryl methyl sites for hydroxylation is 1. The summed E-state index contributed by atoms with van der Waals surface area (Å²) in [6, 6.07) is 5.77. The molecular weight excluding hydrogens is 246 g/mol. The molecule has 18 heavy (non-hydrogen) atoms. The first-order valence-corrected chi connectivity index (χ1v) is 6.09. The third kappa shape index (κ3) is 3.43. The summed E-state index contributed by atoms with van der Waals surface area (Å²) >= 11 is 5.00. The Morgan fingerprint density at radius 1 is 1.39 bits per heavy atom. The lowest BCUT2D eigenvalue weighted by molar-refractivity contribution is -0.125. The molecule has 0 spiro atoms. The van der Waals surface area contributed by atoms with Crippen LogP contribution in [0.15, 0.2) is 18.2 Å². The second-order valence-corrected chi connectivity index (χ2v) is 5.45. The normalized spacial score (nSPS) is 11.1. The van der Waals surface area contributed by atoms with Gasteiger partial charge in [0.1, 0.15) is 4.99 Å². The SMILES string of the molecule is Cc1ccc(C(N)=S)c(NCC(C)(C)C(N)=O)c1. The van der Waals surface area contributed by atoms with Gasteiger partial charge in [-0.25, -0.2) is 0 Å². The highest BCUT2D eigenvalue weighted by atomic mass is 32.1. The number of amides is 1. The fourth-order valence-corrected chi connectivity index (χ4v) is 1.60. The maximum Gasteiger partial charge on any atom is 0.224 e. The summed E-state index contributed by atoms with van der Waals surface area (Å²) in [4.78, 5) is 11.6. The zero-order valence-electron chi connectivity index (χ0n) is 10.9. The summed E-state index contributed by atoms with van der Waals surface area (Å²) in [5.74, 6) is -0.348. The molecule has 0 aliphatic carbocycles. The van der Waals surface area contributed by atoms with Crippen molar-refractivity contribution < 1.29 is 4.79 Å². The Hall–Kier alpha value is -1.62. The molecule has 0 aromatic heterocycles. The van der Waals surface area contributed by atoms with Gasteiger partial charge in [0.25, 0.3) is 0 Å². The van der Waals surface area contributed by atoms with E-state index in [4.69, 9.17) is 23.7 Å². The van der Waals surface area contributed by atoms with E-state index in [1.165, 1.54) is 0 Å². The van der Waals surface area contributed by atoms with Gasteiger partial charge in [-0.1, -0.05) is 18.3 Å². The average Bonchev–Trinajstić information content (AvgIpc) is 2.26. The molecule has 0 radical (unpaired) electrons. The van der Waals surface area contributed by atoms with Gasteiger partial charge in [-0.05, 0) is 38.5 Å². The summed E-state index contributed by atoms with van der Waals surface area (Å²) in [5, 5.41) is 3.19. The van der Waals surface area contributed by atoms with Crippen molar-refractivity contribution in [3.05, 3.63) is 29.3 Å². The van der Waals surface area contributed by atoms with E-state index in [1.807, 2.05) is 25.1 Å². The van der Waals surface area contributed by atoms with Crippen LogP contribution >= 0.6 is 12.2 Å².